The van der Waals surface area contributed by atoms with Crippen LogP contribution in [0.15, 0.2) is 30.3 Å². The monoisotopic (exact) mass is 216 g/mol. The first-order valence-corrected chi connectivity index (χ1v) is 5.44. The summed E-state index contributed by atoms with van der Waals surface area (Å²) in [5.74, 6) is 0.691. The maximum atomic E-state index is 9.66. The first-order chi connectivity index (χ1) is 7.58. The van der Waals surface area contributed by atoms with Gasteiger partial charge >= 0.3 is 0 Å². The summed E-state index contributed by atoms with van der Waals surface area (Å²) in [6.07, 6.45) is 0. The van der Waals surface area contributed by atoms with E-state index in [-0.39, 0.29) is 5.88 Å². The van der Waals surface area contributed by atoms with Gasteiger partial charge in [-0.05, 0) is 30.5 Å². The summed E-state index contributed by atoms with van der Waals surface area (Å²) in [4.78, 5) is 0. The molecule has 0 aliphatic heterocycles. The Morgan fingerprint density at radius 1 is 1.19 bits per heavy atom. The predicted octanol–water partition coefficient (Wildman–Crippen LogP) is 3.01. The predicted molar refractivity (Wildman–Crippen MR) is 64.1 cm³/mol. The average Bonchev–Trinajstić information content (AvgIpc) is 2.58. The van der Waals surface area contributed by atoms with Crippen molar-refractivity contribution in [3.8, 4) is 11.6 Å². The number of benzene rings is 1. The van der Waals surface area contributed by atoms with Gasteiger partial charge in [0.15, 0.2) is 0 Å². The van der Waals surface area contributed by atoms with Gasteiger partial charge in [-0.3, -0.25) is 0 Å². The van der Waals surface area contributed by atoms with Crippen molar-refractivity contribution >= 4 is 0 Å². The zero-order chi connectivity index (χ0) is 11.7. The molecule has 1 heterocycles. The van der Waals surface area contributed by atoms with Crippen molar-refractivity contribution in [3.63, 3.8) is 0 Å². The molecule has 0 amide bonds. The molecule has 0 unspecified atom stereocenters. The van der Waals surface area contributed by atoms with Gasteiger partial charge in [-0.2, -0.15) is 5.10 Å². The molecule has 0 atom stereocenters. The Hall–Kier alpha value is -1.77. The standard InChI is InChI=1S/C13H16N2O/c1-9(2)11-4-6-12(7-5-11)15-13(16)8-10(3)14-15/h4-9,16H,1-3H3. The highest BCUT2D eigenvalue weighted by Gasteiger charge is 2.06. The van der Waals surface area contributed by atoms with Crippen molar-refractivity contribution in [2.45, 2.75) is 26.7 Å². The zero-order valence-corrected chi connectivity index (χ0v) is 9.81. The maximum Gasteiger partial charge on any atom is 0.214 e. The van der Waals surface area contributed by atoms with E-state index in [4.69, 9.17) is 0 Å². The minimum atomic E-state index is 0.176. The van der Waals surface area contributed by atoms with Crippen molar-refractivity contribution in [1.29, 1.82) is 0 Å². The average molecular weight is 216 g/mol. The highest BCUT2D eigenvalue weighted by Crippen LogP contribution is 2.20. The number of hydrogen-bond donors (Lipinski definition) is 1. The molecule has 0 spiro atoms. The molecule has 3 nitrogen and oxygen atoms in total. The van der Waals surface area contributed by atoms with Crippen LogP contribution < -0.4 is 0 Å². The molecule has 0 radical (unpaired) electrons. The van der Waals surface area contributed by atoms with Crippen LogP contribution in [0, 0.1) is 6.92 Å². The van der Waals surface area contributed by atoms with E-state index in [1.807, 2.05) is 19.1 Å². The summed E-state index contributed by atoms with van der Waals surface area (Å²) < 4.78 is 1.54. The Balaban J connectivity index is 2.38. The Bertz CT molecular complexity index is 483. The van der Waals surface area contributed by atoms with Crippen LogP contribution in [-0.4, -0.2) is 14.9 Å². The fourth-order valence-corrected chi connectivity index (χ4v) is 1.68. The molecule has 0 saturated carbocycles. The summed E-state index contributed by atoms with van der Waals surface area (Å²) in [5.41, 5.74) is 2.98. The quantitative estimate of drug-likeness (QED) is 0.838. The third-order valence-electron chi connectivity index (χ3n) is 2.62. The van der Waals surface area contributed by atoms with Crippen LogP contribution >= 0.6 is 0 Å². The molecular weight excluding hydrogens is 200 g/mol. The molecule has 0 aliphatic carbocycles. The molecule has 1 aromatic heterocycles. The molecule has 84 valence electrons. The van der Waals surface area contributed by atoms with E-state index < -0.39 is 0 Å². The number of aryl methyl sites for hydroxylation is 1. The fraction of sp³-hybridized carbons (Fsp3) is 0.308. The van der Waals surface area contributed by atoms with Crippen molar-refractivity contribution < 1.29 is 5.11 Å². The highest BCUT2D eigenvalue weighted by atomic mass is 16.3. The lowest BCUT2D eigenvalue weighted by Gasteiger charge is -2.07. The minimum Gasteiger partial charge on any atom is -0.493 e. The third kappa shape index (κ3) is 1.94. The summed E-state index contributed by atoms with van der Waals surface area (Å²) >= 11 is 0. The lowest BCUT2D eigenvalue weighted by atomic mass is 10.0. The molecule has 1 aromatic carbocycles. The molecule has 0 aliphatic rings. The Kier molecular flexibility index (Phi) is 2.69. The maximum absolute atomic E-state index is 9.66. The van der Waals surface area contributed by atoms with Crippen LogP contribution in [0.3, 0.4) is 0 Å². The molecule has 3 heteroatoms. The van der Waals surface area contributed by atoms with Gasteiger partial charge in [0.25, 0.3) is 0 Å². The smallest absolute Gasteiger partial charge is 0.214 e. The molecule has 2 rings (SSSR count). The molecule has 0 fully saturated rings. The summed E-state index contributed by atoms with van der Waals surface area (Å²) in [5, 5.41) is 13.9. The number of rotatable bonds is 2. The molecule has 0 bridgehead atoms. The van der Waals surface area contributed by atoms with Crippen LogP contribution in [0.25, 0.3) is 5.69 Å². The topological polar surface area (TPSA) is 38.0 Å². The molecule has 2 aromatic rings. The normalized spacial score (nSPS) is 11.0. The van der Waals surface area contributed by atoms with Gasteiger partial charge in [-0.1, -0.05) is 26.0 Å². The van der Waals surface area contributed by atoms with E-state index in [2.05, 4.69) is 31.1 Å². The number of nitrogens with zero attached hydrogens (tertiary/aromatic N) is 2. The van der Waals surface area contributed by atoms with Gasteiger partial charge < -0.3 is 5.11 Å². The second-order valence-electron chi connectivity index (χ2n) is 4.30. The van der Waals surface area contributed by atoms with Crippen molar-refractivity contribution in [2.24, 2.45) is 0 Å². The molecule has 0 saturated heterocycles. The van der Waals surface area contributed by atoms with Crippen molar-refractivity contribution in [1.82, 2.24) is 9.78 Å². The van der Waals surface area contributed by atoms with E-state index in [0.717, 1.165) is 11.4 Å². The molecule has 1 N–H and O–H groups in total. The molecular formula is C13H16N2O. The summed E-state index contributed by atoms with van der Waals surface area (Å²) in [6, 6.07) is 9.73. The highest BCUT2D eigenvalue weighted by molar-refractivity contribution is 5.38. The van der Waals surface area contributed by atoms with Gasteiger partial charge in [0.1, 0.15) is 0 Å². The van der Waals surface area contributed by atoms with E-state index in [9.17, 15) is 5.11 Å². The van der Waals surface area contributed by atoms with Gasteiger partial charge in [0.05, 0.1) is 11.4 Å². The molecule has 16 heavy (non-hydrogen) atoms. The Morgan fingerprint density at radius 2 is 1.81 bits per heavy atom. The van der Waals surface area contributed by atoms with E-state index in [1.54, 1.807) is 10.7 Å². The zero-order valence-electron chi connectivity index (χ0n) is 9.81. The number of aromatic nitrogens is 2. The second kappa shape index (κ2) is 4.00. The Morgan fingerprint density at radius 3 is 2.25 bits per heavy atom. The SMILES string of the molecule is Cc1cc(O)n(-c2ccc(C(C)C)cc2)n1. The first kappa shape index (κ1) is 10.7. The Labute approximate surface area is 95.3 Å². The van der Waals surface area contributed by atoms with Crippen LogP contribution in [0.1, 0.15) is 31.0 Å². The number of hydrogen-bond acceptors (Lipinski definition) is 2. The summed E-state index contributed by atoms with van der Waals surface area (Å²) in [6.45, 7) is 6.17. The van der Waals surface area contributed by atoms with Crippen LogP contribution in [-0.2, 0) is 0 Å². The van der Waals surface area contributed by atoms with Gasteiger partial charge in [0, 0.05) is 6.07 Å². The van der Waals surface area contributed by atoms with Crippen molar-refractivity contribution in [2.75, 3.05) is 0 Å². The van der Waals surface area contributed by atoms with E-state index in [1.165, 1.54) is 5.56 Å². The van der Waals surface area contributed by atoms with Crippen LogP contribution in [0.5, 0.6) is 5.88 Å². The number of aromatic hydroxyl groups is 1. The van der Waals surface area contributed by atoms with E-state index in [0.29, 0.717) is 5.92 Å². The second-order valence-corrected chi connectivity index (χ2v) is 4.30. The minimum absolute atomic E-state index is 0.176. The van der Waals surface area contributed by atoms with Crippen LogP contribution in [0.2, 0.25) is 0 Å². The van der Waals surface area contributed by atoms with Crippen molar-refractivity contribution in [3.05, 3.63) is 41.6 Å². The largest absolute Gasteiger partial charge is 0.493 e. The van der Waals surface area contributed by atoms with Crippen LogP contribution in [0.4, 0.5) is 0 Å². The third-order valence-corrected chi connectivity index (χ3v) is 2.62. The lowest BCUT2D eigenvalue weighted by molar-refractivity contribution is 0.433. The summed E-state index contributed by atoms with van der Waals surface area (Å²) in [7, 11) is 0. The van der Waals surface area contributed by atoms with Gasteiger partial charge in [-0.25, -0.2) is 4.68 Å². The first-order valence-electron chi connectivity index (χ1n) is 5.44. The van der Waals surface area contributed by atoms with Gasteiger partial charge in [0.2, 0.25) is 5.88 Å². The van der Waals surface area contributed by atoms with E-state index >= 15 is 0 Å². The van der Waals surface area contributed by atoms with Gasteiger partial charge in [-0.15, -0.1) is 0 Å². The lowest BCUT2D eigenvalue weighted by Crippen LogP contribution is -1.97. The fourth-order valence-electron chi connectivity index (χ4n) is 1.68.